The van der Waals surface area contributed by atoms with E-state index in [9.17, 15) is 4.79 Å². The predicted octanol–water partition coefficient (Wildman–Crippen LogP) is 1.93. The molecule has 2 saturated heterocycles. The fourth-order valence-corrected chi connectivity index (χ4v) is 3.74. The van der Waals surface area contributed by atoms with E-state index in [1.54, 1.807) is 16.8 Å². The lowest BCUT2D eigenvalue weighted by molar-refractivity contribution is 0.00693. The van der Waals surface area contributed by atoms with Crippen LogP contribution in [0.2, 0.25) is 0 Å². The van der Waals surface area contributed by atoms with E-state index < -0.39 is 0 Å². The van der Waals surface area contributed by atoms with Crippen molar-refractivity contribution in [2.24, 2.45) is 0 Å². The van der Waals surface area contributed by atoms with Gasteiger partial charge in [-0.15, -0.1) is 11.3 Å². The van der Waals surface area contributed by atoms with Gasteiger partial charge in [-0.2, -0.15) is 0 Å². The Morgan fingerprint density at radius 2 is 2.09 bits per heavy atom. The number of nitrogens with zero attached hydrogens (tertiary/aromatic N) is 3. The van der Waals surface area contributed by atoms with Crippen molar-refractivity contribution >= 4 is 17.4 Å². The highest BCUT2D eigenvalue weighted by molar-refractivity contribution is 7.07. The summed E-state index contributed by atoms with van der Waals surface area (Å²) in [7, 11) is 0. The normalized spacial score (nSPS) is 20.1. The molecule has 2 aliphatic rings. The van der Waals surface area contributed by atoms with Crippen LogP contribution in [0.15, 0.2) is 10.9 Å². The summed E-state index contributed by atoms with van der Waals surface area (Å²) < 4.78 is 5.98. The van der Waals surface area contributed by atoms with Crippen molar-refractivity contribution in [2.45, 2.75) is 38.3 Å². The lowest BCUT2D eigenvalue weighted by Crippen LogP contribution is -2.46. The van der Waals surface area contributed by atoms with Gasteiger partial charge in [-0.3, -0.25) is 0 Å². The molecule has 0 atom stereocenters. The highest BCUT2D eigenvalue weighted by atomic mass is 32.1. The summed E-state index contributed by atoms with van der Waals surface area (Å²) >= 11 is 1.55. The van der Waals surface area contributed by atoms with Gasteiger partial charge in [0, 0.05) is 25.0 Å². The molecule has 7 heteroatoms. The van der Waals surface area contributed by atoms with Gasteiger partial charge in [-0.25, -0.2) is 9.78 Å². The van der Waals surface area contributed by atoms with Crippen molar-refractivity contribution in [1.82, 2.24) is 20.1 Å². The topological polar surface area (TPSA) is 57.7 Å². The number of carbonyl (C=O) groups excluding carboxylic acids is 1. The van der Waals surface area contributed by atoms with Gasteiger partial charge in [0.05, 0.1) is 30.5 Å². The number of likely N-dealkylation sites (tertiary alicyclic amines) is 2. The Balaban J connectivity index is 1.29. The predicted molar refractivity (Wildman–Crippen MR) is 90.6 cm³/mol. The fraction of sp³-hybridized carbons (Fsp3) is 0.750. The molecule has 3 heterocycles. The second kappa shape index (κ2) is 8.61. The molecule has 0 bridgehead atoms. The molecule has 0 saturated carbocycles. The van der Waals surface area contributed by atoms with Crippen LogP contribution in [-0.2, 0) is 11.3 Å². The maximum Gasteiger partial charge on any atom is 0.317 e. The van der Waals surface area contributed by atoms with E-state index >= 15 is 0 Å². The average molecular weight is 338 g/mol. The molecule has 0 spiro atoms. The summed E-state index contributed by atoms with van der Waals surface area (Å²) in [5.74, 6) is 0. The number of urea groups is 1. The first-order valence-corrected chi connectivity index (χ1v) is 9.49. The highest BCUT2D eigenvalue weighted by Gasteiger charge is 2.23. The number of nitrogens with one attached hydrogen (secondary N) is 1. The van der Waals surface area contributed by atoms with E-state index in [0.717, 1.165) is 44.8 Å². The monoisotopic (exact) mass is 338 g/mol. The number of carbonyl (C=O) groups is 1. The van der Waals surface area contributed by atoms with Crippen LogP contribution in [-0.4, -0.2) is 66.2 Å². The van der Waals surface area contributed by atoms with Crippen molar-refractivity contribution in [3.05, 3.63) is 16.6 Å². The minimum absolute atomic E-state index is 0.00789. The molecule has 0 aromatic carbocycles. The SMILES string of the molecule is O=C(NCc1cscn1)N1CCC(OCCN2CCCC2)CC1. The molecule has 2 amide bonds. The minimum atomic E-state index is 0.00789. The number of aromatic nitrogens is 1. The average Bonchev–Trinajstić information content (AvgIpc) is 3.27. The van der Waals surface area contributed by atoms with Gasteiger partial charge in [-0.1, -0.05) is 0 Å². The summed E-state index contributed by atoms with van der Waals surface area (Å²) in [5.41, 5.74) is 2.70. The van der Waals surface area contributed by atoms with E-state index in [-0.39, 0.29) is 6.03 Å². The largest absolute Gasteiger partial charge is 0.377 e. The summed E-state index contributed by atoms with van der Waals surface area (Å²) in [6.45, 7) is 6.38. The smallest absolute Gasteiger partial charge is 0.317 e. The molecule has 2 aliphatic heterocycles. The third kappa shape index (κ3) is 5.16. The summed E-state index contributed by atoms with van der Waals surface area (Å²) in [5, 5.41) is 4.89. The first kappa shape index (κ1) is 16.7. The number of hydrogen-bond donors (Lipinski definition) is 1. The molecule has 6 nitrogen and oxygen atoms in total. The first-order chi connectivity index (χ1) is 11.3. The van der Waals surface area contributed by atoms with E-state index in [4.69, 9.17) is 4.74 Å². The zero-order chi connectivity index (χ0) is 15.9. The number of hydrogen-bond acceptors (Lipinski definition) is 5. The van der Waals surface area contributed by atoms with Crippen molar-refractivity contribution < 1.29 is 9.53 Å². The maximum atomic E-state index is 12.1. The van der Waals surface area contributed by atoms with Crippen molar-refractivity contribution in [2.75, 3.05) is 39.3 Å². The second-order valence-corrected chi connectivity index (χ2v) is 6.96. The fourth-order valence-electron chi connectivity index (χ4n) is 3.18. The van der Waals surface area contributed by atoms with Crippen LogP contribution in [0.3, 0.4) is 0 Å². The molecule has 2 fully saturated rings. The number of ether oxygens (including phenoxy) is 1. The van der Waals surface area contributed by atoms with E-state index in [0.29, 0.717) is 12.6 Å². The molecule has 0 unspecified atom stereocenters. The second-order valence-electron chi connectivity index (χ2n) is 6.24. The third-order valence-corrected chi connectivity index (χ3v) is 5.23. The van der Waals surface area contributed by atoms with Gasteiger partial charge in [0.25, 0.3) is 0 Å². The number of amides is 2. The number of thiazole rings is 1. The van der Waals surface area contributed by atoms with Crippen molar-refractivity contribution in [3.8, 4) is 0 Å². The summed E-state index contributed by atoms with van der Waals surface area (Å²) in [6.07, 6.45) is 4.83. The molecule has 1 aromatic rings. The molecular weight excluding hydrogens is 312 g/mol. The Bertz CT molecular complexity index is 468. The minimum Gasteiger partial charge on any atom is -0.377 e. The zero-order valence-electron chi connectivity index (χ0n) is 13.6. The molecule has 23 heavy (non-hydrogen) atoms. The molecule has 0 aliphatic carbocycles. The Morgan fingerprint density at radius 1 is 1.30 bits per heavy atom. The van der Waals surface area contributed by atoms with Crippen LogP contribution in [0.1, 0.15) is 31.4 Å². The quantitative estimate of drug-likeness (QED) is 0.861. The molecule has 3 rings (SSSR count). The maximum absolute atomic E-state index is 12.1. The van der Waals surface area contributed by atoms with Crippen molar-refractivity contribution in [1.29, 1.82) is 0 Å². The summed E-state index contributed by atoms with van der Waals surface area (Å²) in [6, 6.07) is 0.00789. The number of piperidine rings is 1. The molecule has 128 valence electrons. The van der Waals surface area contributed by atoms with Gasteiger partial charge in [-0.05, 0) is 38.8 Å². The van der Waals surface area contributed by atoms with Gasteiger partial charge < -0.3 is 19.9 Å². The summed E-state index contributed by atoms with van der Waals surface area (Å²) in [4.78, 5) is 20.7. The van der Waals surface area contributed by atoms with Gasteiger partial charge >= 0.3 is 6.03 Å². The Morgan fingerprint density at radius 3 is 2.78 bits per heavy atom. The van der Waals surface area contributed by atoms with E-state index in [2.05, 4.69) is 15.2 Å². The van der Waals surface area contributed by atoms with Crippen molar-refractivity contribution in [3.63, 3.8) is 0 Å². The van der Waals surface area contributed by atoms with Crippen LogP contribution in [0.25, 0.3) is 0 Å². The third-order valence-electron chi connectivity index (χ3n) is 4.59. The van der Waals surface area contributed by atoms with Crippen LogP contribution in [0.5, 0.6) is 0 Å². The molecular formula is C16H26N4O2S. The lowest BCUT2D eigenvalue weighted by atomic mass is 10.1. The molecule has 0 radical (unpaired) electrons. The van der Waals surface area contributed by atoms with Crippen LogP contribution in [0, 0.1) is 0 Å². The van der Waals surface area contributed by atoms with Gasteiger partial charge in [0.15, 0.2) is 0 Å². The van der Waals surface area contributed by atoms with Crippen LogP contribution >= 0.6 is 11.3 Å². The first-order valence-electron chi connectivity index (χ1n) is 8.55. The Hall–Kier alpha value is -1.18. The van der Waals surface area contributed by atoms with Crippen LogP contribution in [0.4, 0.5) is 4.79 Å². The standard InChI is InChI=1S/C16H26N4O2S/c21-16(17-11-14-12-23-13-18-14)20-7-3-15(4-8-20)22-10-9-19-5-1-2-6-19/h12-13,15H,1-11H2,(H,17,21). The Kier molecular flexibility index (Phi) is 6.24. The Labute approximate surface area is 141 Å². The highest BCUT2D eigenvalue weighted by Crippen LogP contribution is 2.14. The number of rotatable bonds is 6. The van der Waals surface area contributed by atoms with Crippen LogP contribution < -0.4 is 5.32 Å². The molecule has 1 aromatic heterocycles. The van der Waals surface area contributed by atoms with Gasteiger partial charge in [0.2, 0.25) is 0 Å². The lowest BCUT2D eigenvalue weighted by Gasteiger charge is -2.32. The molecule has 1 N–H and O–H groups in total. The zero-order valence-corrected chi connectivity index (χ0v) is 14.4. The van der Waals surface area contributed by atoms with Gasteiger partial charge in [0.1, 0.15) is 0 Å². The van der Waals surface area contributed by atoms with E-state index in [1.807, 2.05) is 10.3 Å². The van der Waals surface area contributed by atoms with E-state index in [1.165, 1.54) is 25.9 Å².